The first kappa shape index (κ1) is 22.4. The molecule has 0 bridgehead atoms. The Hall–Kier alpha value is -1.38. The summed E-state index contributed by atoms with van der Waals surface area (Å²) in [5, 5.41) is 2.99. The highest BCUT2D eigenvalue weighted by Crippen LogP contribution is 2.55. The Kier molecular flexibility index (Phi) is 6.14. The minimum Gasteiger partial charge on any atom is -0.581 e. The van der Waals surface area contributed by atoms with Gasteiger partial charge >= 0.3 is 0 Å². The van der Waals surface area contributed by atoms with Gasteiger partial charge in [-0.1, -0.05) is 11.6 Å². The molecule has 4 aliphatic heterocycles. The molecule has 0 saturated carbocycles. The average Bonchev–Trinajstić information content (AvgIpc) is 3.18. The summed E-state index contributed by atoms with van der Waals surface area (Å²) in [6.45, 7) is 12.9. The second-order valence-electron chi connectivity index (χ2n) is 10.3. The number of hydrogen-bond acceptors (Lipinski definition) is 6. The van der Waals surface area contributed by atoms with Gasteiger partial charge in [0, 0.05) is 42.7 Å². The summed E-state index contributed by atoms with van der Waals surface area (Å²) in [6.07, 6.45) is 3.39. The summed E-state index contributed by atoms with van der Waals surface area (Å²) < 4.78 is 13.0. The van der Waals surface area contributed by atoms with Crippen molar-refractivity contribution in [3.05, 3.63) is 34.2 Å². The molecule has 2 atom stereocenters. The van der Waals surface area contributed by atoms with Gasteiger partial charge in [0.2, 0.25) is 0 Å². The van der Waals surface area contributed by atoms with Crippen molar-refractivity contribution in [2.24, 2.45) is 16.3 Å². The van der Waals surface area contributed by atoms with Crippen molar-refractivity contribution in [3.63, 3.8) is 0 Å². The number of ether oxygens (including phenoxy) is 2. The van der Waals surface area contributed by atoms with Gasteiger partial charge in [-0.25, -0.2) is 0 Å². The van der Waals surface area contributed by atoms with E-state index in [-0.39, 0.29) is 17.1 Å². The molecule has 4 aliphatic rings. The number of nitrogens with zero attached hydrogens (tertiary/aromatic N) is 4. The van der Waals surface area contributed by atoms with Gasteiger partial charge in [0.25, 0.3) is 0 Å². The van der Waals surface area contributed by atoms with Gasteiger partial charge in [-0.05, 0) is 63.6 Å². The van der Waals surface area contributed by atoms with E-state index in [0.717, 1.165) is 87.3 Å². The molecule has 0 aliphatic carbocycles. The van der Waals surface area contributed by atoms with Crippen LogP contribution in [-0.4, -0.2) is 67.2 Å². The fourth-order valence-electron chi connectivity index (χ4n) is 5.74. The van der Waals surface area contributed by atoms with E-state index in [2.05, 4.69) is 46.6 Å². The second kappa shape index (κ2) is 8.76. The Labute approximate surface area is 196 Å². The zero-order chi connectivity index (χ0) is 22.3. The Morgan fingerprint density at radius 2 is 2.06 bits per heavy atom. The number of benzene rings is 1. The van der Waals surface area contributed by atoms with Gasteiger partial charge in [-0.3, -0.25) is 10.0 Å². The van der Waals surface area contributed by atoms with Crippen LogP contribution in [0.15, 0.2) is 23.2 Å². The third-order valence-corrected chi connectivity index (χ3v) is 8.05. The van der Waals surface area contributed by atoms with Crippen molar-refractivity contribution in [2.45, 2.75) is 51.7 Å². The number of amidine groups is 1. The molecule has 1 aromatic carbocycles. The maximum atomic E-state index is 6.58. The number of piperidine rings is 1. The molecule has 4 heterocycles. The van der Waals surface area contributed by atoms with Crippen molar-refractivity contribution in [3.8, 4) is 5.75 Å². The molecule has 0 aromatic heterocycles. The van der Waals surface area contributed by atoms with E-state index in [1.165, 1.54) is 0 Å². The van der Waals surface area contributed by atoms with Gasteiger partial charge in [0.05, 0.1) is 25.1 Å². The van der Waals surface area contributed by atoms with Gasteiger partial charge in [-0.2, -0.15) is 0 Å². The van der Waals surface area contributed by atoms with E-state index in [4.69, 9.17) is 21.1 Å². The quantitative estimate of drug-likeness (QED) is 0.527. The summed E-state index contributed by atoms with van der Waals surface area (Å²) in [5.74, 6) is 2.36. The molecule has 2 fully saturated rings. The maximum absolute atomic E-state index is 6.58. The first-order valence-corrected chi connectivity index (χ1v) is 12.3. The number of nitrogens with one attached hydrogen (secondary N) is 1. The zero-order valence-corrected chi connectivity index (χ0v) is 20.2. The Morgan fingerprint density at radius 1 is 1.25 bits per heavy atom. The molecule has 5 rings (SSSR count). The highest BCUT2D eigenvalue weighted by Gasteiger charge is 2.52. The van der Waals surface area contributed by atoms with Crippen molar-refractivity contribution in [1.82, 2.24) is 15.4 Å². The third kappa shape index (κ3) is 4.38. The van der Waals surface area contributed by atoms with Crippen LogP contribution in [0.4, 0.5) is 0 Å². The van der Waals surface area contributed by atoms with E-state index < -0.39 is 0 Å². The fourth-order valence-corrected chi connectivity index (χ4v) is 5.92. The largest absolute Gasteiger partial charge is 0.581 e. The summed E-state index contributed by atoms with van der Waals surface area (Å²) in [6, 6.07) is 5.90. The topological polar surface area (TPSA) is 63.4 Å². The average molecular weight is 461 g/mol. The molecule has 32 heavy (non-hydrogen) atoms. The molecular weight excluding hydrogens is 426 g/mol. The van der Waals surface area contributed by atoms with Crippen LogP contribution in [0.3, 0.4) is 0 Å². The lowest BCUT2D eigenvalue weighted by Gasteiger charge is -2.55. The minimum absolute atomic E-state index is 0.0572. The lowest BCUT2D eigenvalue weighted by atomic mass is 9.64. The summed E-state index contributed by atoms with van der Waals surface area (Å²) in [7, 11) is 0. The molecule has 0 radical (unpaired) electrons. The normalized spacial score (nSPS) is 28.8. The van der Waals surface area contributed by atoms with Gasteiger partial charge < -0.3 is 25.3 Å². The lowest BCUT2D eigenvalue weighted by Crippen LogP contribution is -2.55. The first-order chi connectivity index (χ1) is 15.4. The summed E-state index contributed by atoms with van der Waals surface area (Å²) in [4.78, 5) is 6.73. The van der Waals surface area contributed by atoms with Crippen LogP contribution < -0.4 is 10.3 Å². The molecule has 7 nitrogen and oxygen atoms in total. The van der Waals surface area contributed by atoms with E-state index in [1.54, 1.807) is 0 Å². The third-order valence-electron chi connectivity index (χ3n) is 7.82. The molecule has 0 amide bonds. The van der Waals surface area contributed by atoms with Crippen LogP contribution in [0.25, 0.3) is 5.43 Å². The number of halogens is 1. The van der Waals surface area contributed by atoms with Gasteiger partial charge in [0.1, 0.15) is 11.4 Å². The van der Waals surface area contributed by atoms with Crippen LogP contribution in [0.1, 0.15) is 51.7 Å². The van der Waals surface area contributed by atoms with E-state index in [1.807, 2.05) is 18.2 Å². The number of aliphatic imine (C=N–C) groups is 1. The highest BCUT2D eigenvalue weighted by molar-refractivity contribution is 6.30. The van der Waals surface area contributed by atoms with E-state index >= 15 is 0 Å². The Balaban J connectivity index is 1.15. The van der Waals surface area contributed by atoms with Crippen LogP contribution in [0.2, 0.25) is 5.02 Å². The van der Waals surface area contributed by atoms with Crippen molar-refractivity contribution >= 4 is 17.4 Å². The standard InChI is InChI=1S/C24H35ClN5O2/c1-17-26-8-12-29(17)13-9-27-28-30-10-6-24(7-11-30)15-20-22(31-16-24)19-14-18(25)4-5-21(19)32-23(20,2)3/h4-5,14,20,22,28H,6-13,15-16H2,1-3H3/q-1. The number of hydrazine groups is 1. The Bertz CT molecular complexity index is 868. The van der Waals surface area contributed by atoms with Crippen LogP contribution in [-0.2, 0) is 4.74 Å². The lowest BCUT2D eigenvalue weighted by molar-refractivity contribution is -0.175. The molecule has 2 saturated heterocycles. The van der Waals surface area contributed by atoms with Gasteiger partial charge in [-0.15, -0.1) is 6.54 Å². The second-order valence-corrected chi connectivity index (χ2v) is 10.8. The zero-order valence-electron chi connectivity index (χ0n) is 19.4. The summed E-state index contributed by atoms with van der Waals surface area (Å²) >= 11 is 6.29. The SMILES string of the molecule is CC1=NCCN1CC[N-]NN1CCC2(CC1)COC1c3cc(Cl)ccc3OC(C)(C)C1C2. The molecule has 1 spiro atoms. The molecule has 1 N–H and O–H groups in total. The minimum atomic E-state index is -0.263. The highest BCUT2D eigenvalue weighted by atomic mass is 35.5. The fraction of sp³-hybridized carbons (Fsp3) is 0.708. The number of hydrogen-bond donors (Lipinski definition) is 1. The Morgan fingerprint density at radius 3 is 2.81 bits per heavy atom. The van der Waals surface area contributed by atoms with Crippen molar-refractivity contribution in [2.75, 3.05) is 45.9 Å². The van der Waals surface area contributed by atoms with Crippen LogP contribution in [0.5, 0.6) is 5.75 Å². The molecule has 2 unspecified atom stereocenters. The van der Waals surface area contributed by atoms with Gasteiger partial charge in [0.15, 0.2) is 0 Å². The smallest absolute Gasteiger partial charge is 0.126 e. The first-order valence-electron chi connectivity index (χ1n) is 11.9. The molecular formula is C24H35ClN5O2-. The predicted octanol–water partition coefficient (Wildman–Crippen LogP) is 4.20. The van der Waals surface area contributed by atoms with E-state index in [0.29, 0.717) is 5.92 Å². The monoisotopic (exact) mass is 460 g/mol. The van der Waals surface area contributed by atoms with Crippen molar-refractivity contribution in [1.29, 1.82) is 0 Å². The molecule has 8 heteroatoms. The molecule has 176 valence electrons. The van der Waals surface area contributed by atoms with Crippen LogP contribution in [0, 0.1) is 11.3 Å². The van der Waals surface area contributed by atoms with Crippen molar-refractivity contribution < 1.29 is 9.47 Å². The number of fused-ring (bicyclic) bond motifs is 3. The number of rotatable bonds is 5. The predicted molar refractivity (Wildman–Crippen MR) is 127 cm³/mol. The van der Waals surface area contributed by atoms with E-state index in [9.17, 15) is 0 Å². The summed E-state index contributed by atoms with van der Waals surface area (Å²) in [5.41, 5.74) is 8.90. The maximum Gasteiger partial charge on any atom is 0.126 e. The van der Waals surface area contributed by atoms with Crippen LogP contribution >= 0.6 is 11.6 Å². The molecule has 1 aromatic rings.